The molecule has 1 atom stereocenters. The molecule has 0 radical (unpaired) electrons. The van der Waals surface area contributed by atoms with Crippen LogP contribution in [-0.2, 0) is 11.2 Å². The second-order valence-corrected chi connectivity index (χ2v) is 4.68. The number of rotatable bonds is 4. The van der Waals surface area contributed by atoms with Crippen LogP contribution >= 0.6 is 0 Å². The van der Waals surface area contributed by atoms with Gasteiger partial charge in [0.15, 0.2) is 0 Å². The molecule has 0 spiro atoms. The molecule has 0 amide bonds. The van der Waals surface area contributed by atoms with Crippen LogP contribution in [-0.4, -0.2) is 26.4 Å². The monoisotopic (exact) mass is 235 g/mol. The molecule has 0 saturated carbocycles. The second kappa shape index (κ2) is 4.96. The Morgan fingerprint density at radius 3 is 2.82 bits per heavy atom. The molecule has 3 heteroatoms. The minimum Gasteiger partial charge on any atom is -0.496 e. The summed E-state index contributed by atoms with van der Waals surface area (Å²) in [5.41, 5.74) is 2.55. The van der Waals surface area contributed by atoms with Gasteiger partial charge in [-0.25, -0.2) is 0 Å². The standard InChI is InChI=1S/C14H21NO2/c1-4-14(10-16-2)9-8-11-12(15-14)6-5-7-13(11)17-3/h5-7,15H,4,8-10H2,1-3H3. The Morgan fingerprint density at radius 1 is 1.35 bits per heavy atom. The van der Waals surface area contributed by atoms with E-state index in [1.807, 2.05) is 12.1 Å². The fourth-order valence-corrected chi connectivity index (χ4v) is 2.60. The Morgan fingerprint density at radius 2 is 2.18 bits per heavy atom. The highest BCUT2D eigenvalue weighted by Gasteiger charge is 2.33. The molecule has 3 nitrogen and oxygen atoms in total. The van der Waals surface area contributed by atoms with E-state index in [2.05, 4.69) is 18.3 Å². The van der Waals surface area contributed by atoms with Gasteiger partial charge in [-0.2, -0.15) is 0 Å². The van der Waals surface area contributed by atoms with Crippen LogP contribution < -0.4 is 10.1 Å². The third kappa shape index (κ3) is 2.25. The Bertz CT molecular complexity index is 392. The van der Waals surface area contributed by atoms with Gasteiger partial charge in [-0.15, -0.1) is 0 Å². The largest absolute Gasteiger partial charge is 0.496 e. The first kappa shape index (κ1) is 12.2. The van der Waals surface area contributed by atoms with Crippen molar-refractivity contribution >= 4 is 5.69 Å². The first-order valence-electron chi connectivity index (χ1n) is 6.17. The molecule has 1 aliphatic heterocycles. The van der Waals surface area contributed by atoms with Crippen molar-refractivity contribution in [1.29, 1.82) is 0 Å². The molecule has 0 aromatic heterocycles. The molecule has 94 valence electrons. The topological polar surface area (TPSA) is 30.5 Å². The van der Waals surface area contributed by atoms with Crippen LogP contribution in [0.25, 0.3) is 0 Å². The smallest absolute Gasteiger partial charge is 0.124 e. The third-order valence-electron chi connectivity index (χ3n) is 3.70. The van der Waals surface area contributed by atoms with Gasteiger partial charge in [-0.1, -0.05) is 13.0 Å². The van der Waals surface area contributed by atoms with Crippen LogP contribution in [0.1, 0.15) is 25.3 Å². The van der Waals surface area contributed by atoms with Gasteiger partial charge >= 0.3 is 0 Å². The van der Waals surface area contributed by atoms with Crippen LogP contribution in [0.4, 0.5) is 5.69 Å². The molecule has 1 unspecified atom stereocenters. The molecule has 0 bridgehead atoms. The molecule has 2 rings (SSSR count). The lowest BCUT2D eigenvalue weighted by Gasteiger charge is -2.39. The quantitative estimate of drug-likeness (QED) is 0.870. The average molecular weight is 235 g/mol. The maximum atomic E-state index is 5.40. The zero-order valence-corrected chi connectivity index (χ0v) is 10.9. The molecule has 1 heterocycles. The van der Waals surface area contributed by atoms with Gasteiger partial charge in [0.25, 0.3) is 0 Å². The van der Waals surface area contributed by atoms with Crippen LogP contribution in [0.5, 0.6) is 5.75 Å². The van der Waals surface area contributed by atoms with Gasteiger partial charge in [0.1, 0.15) is 5.75 Å². The summed E-state index contributed by atoms with van der Waals surface area (Å²) in [6.45, 7) is 2.96. The van der Waals surface area contributed by atoms with E-state index in [-0.39, 0.29) is 5.54 Å². The van der Waals surface area contributed by atoms with E-state index in [4.69, 9.17) is 9.47 Å². The van der Waals surface area contributed by atoms with Crippen molar-refractivity contribution < 1.29 is 9.47 Å². The highest BCUT2D eigenvalue weighted by Crippen LogP contribution is 2.37. The normalized spacial score (nSPS) is 22.8. The van der Waals surface area contributed by atoms with Crippen LogP contribution in [0.15, 0.2) is 18.2 Å². The van der Waals surface area contributed by atoms with Crippen molar-refractivity contribution in [3.63, 3.8) is 0 Å². The summed E-state index contributed by atoms with van der Waals surface area (Å²) in [5.74, 6) is 0.983. The Labute approximate surface area is 103 Å². The zero-order chi connectivity index (χ0) is 12.3. The first-order valence-corrected chi connectivity index (χ1v) is 6.17. The van der Waals surface area contributed by atoms with E-state index in [0.29, 0.717) is 0 Å². The summed E-state index contributed by atoms with van der Waals surface area (Å²) in [6, 6.07) is 6.18. The number of anilines is 1. The van der Waals surface area contributed by atoms with Gasteiger partial charge in [0, 0.05) is 18.4 Å². The number of fused-ring (bicyclic) bond motifs is 1. The summed E-state index contributed by atoms with van der Waals surface area (Å²) in [6.07, 6.45) is 3.20. The van der Waals surface area contributed by atoms with Crippen molar-refractivity contribution in [2.75, 3.05) is 26.1 Å². The molecule has 1 aromatic rings. The fraction of sp³-hybridized carbons (Fsp3) is 0.571. The predicted molar refractivity (Wildman–Crippen MR) is 69.8 cm³/mol. The van der Waals surface area contributed by atoms with Crippen LogP contribution in [0, 0.1) is 0 Å². The maximum Gasteiger partial charge on any atom is 0.124 e. The molecule has 0 aliphatic carbocycles. The lowest BCUT2D eigenvalue weighted by molar-refractivity contribution is 0.133. The van der Waals surface area contributed by atoms with E-state index in [9.17, 15) is 0 Å². The lowest BCUT2D eigenvalue weighted by atomic mass is 9.84. The third-order valence-corrected chi connectivity index (χ3v) is 3.70. The second-order valence-electron chi connectivity index (χ2n) is 4.68. The number of hydrogen-bond acceptors (Lipinski definition) is 3. The van der Waals surface area contributed by atoms with Crippen LogP contribution in [0.3, 0.4) is 0 Å². The van der Waals surface area contributed by atoms with E-state index < -0.39 is 0 Å². The fourth-order valence-electron chi connectivity index (χ4n) is 2.60. The molecule has 1 aromatic carbocycles. The van der Waals surface area contributed by atoms with E-state index in [1.54, 1.807) is 14.2 Å². The molecule has 17 heavy (non-hydrogen) atoms. The number of ether oxygens (including phenoxy) is 2. The number of nitrogens with one attached hydrogen (secondary N) is 1. The minimum atomic E-state index is 0.0775. The van der Waals surface area contributed by atoms with E-state index >= 15 is 0 Å². The van der Waals surface area contributed by atoms with E-state index in [0.717, 1.165) is 31.6 Å². The van der Waals surface area contributed by atoms with Crippen molar-refractivity contribution in [2.24, 2.45) is 0 Å². The van der Waals surface area contributed by atoms with Crippen molar-refractivity contribution in [1.82, 2.24) is 0 Å². The highest BCUT2D eigenvalue weighted by molar-refractivity contribution is 5.61. The molecule has 0 saturated heterocycles. The Hall–Kier alpha value is -1.22. The summed E-state index contributed by atoms with van der Waals surface area (Å²) in [4.78, 5) is 0. The Kier molecular flexibility index (Phi) is 3.57. The highest BCUT2D eigenvalue weighted by atomic mass is 16.5. The summed E-state index contributed by atoms with van der Waals surface area (Å²) >= 11 is 0. The van der Waals surface area contributed by atoms with Gasteiger partial charge in [0.05, 0.1) is 19.3 Å². The molecule has 1 aliphatic rings. The van der Waals surface area contributed by atoms with Crippen molar-refractivity contribution in [2.45, 2.75) is 31.7 Å². The average Bonchev–Trinajstić information content (AvgIpc) is 2.38. The van der Waals surface area contributed by atoms with Gasteiger partial charge in [-0.3, -0.25) is 0 Å². The number of hydrogen-bond donors (Lipinski definition) is 1. The number of methoxy groups -OCH3 is 2. The summed E-state index contributed by atoms with van der Waals surface area (Å²) in [7, 11) is 3.49. The predicted octanol–water partition coefficient (Wildman–Crippen LogP) is 2.85. The SMILES string of the molecule is CCC1(COC)CCc2c(cccc2OC)N1. The van der Waals surface area contributed by atoms with Gasteiger partial charge in [-0.05, 0) is 31.4 Å². The number of benzene rings is 1. The van der Waals surface area contributed by atoms with Crippen molar-refractivity contribution in [3.05, 3.63) is 23.8 Å². The molecular weight excluding hydrogens is 214 g/mol. The maximum absolute atomic E-state index is 5.40. The van der Waals surface area contributed by atoms with Gasteiger partial charge < -0.3 is 14.8 Å². The summed E-state index contributed by atoms with van der Waals surface area (Å²) in [5, 5.41) is 3.63. The minimum absolute atomic E-state index is 0.0775. The first-order chi connectivity index (χ1) is 8.24. The summed E-state index contributed by atoms with van der Waals surface area (Å²) < 4.78 is 10.8. The molecule has 1 N–H and O–H groups in total. The van der Waals surface area contributed by atoms with Gasteiger partial charge in [0.2, 0.25) is 0 Å². The van der Waals surface area contributed by atoms with E-state index in [1.165, 1.54) is 11.3 Å². The molecule has 0 fully saturated rings. The Balaban J connectivity index is 2.29. The lowest BCUT2D eigenvalue weighted by Crippen LogP contribution is -2.45. The zero-order valence-electron chi connectivity index (χ0n) is 10.9. The molecular formula is C14H21NO2. The van der Waals surface area contributed by atoms with Crippen LogP contribution in [0.2, 0.25) is 0 Å². The van der Waals surface area contributed by atoms with Crippen molar-refractivity contribution in [3.8, 4) is 5.75 Å².